The number of fused-ring (bicyclic) bond motifs is 1. The van der Waals surface area contributed by atoms with Crippen molar-refractivity contribution in [1.82, 2.24) is 14.5 Å². The Labute approximate surface area is 129 Å². The van der Waals surface area contributed by atoms with Crippen molar-refractivity contribution in [2.75, 3.05) is 13.2 Å². The number of rotatable bonds is 3. The van der Waals surface area contributed by atoms with Gasteiger partial charge in [-0.15, -0.1) is 0 Å². The minimum atomic E-state index is 0.205. The minimum Gasteiger partial charge on any atom is -0.376 e. The maximum atomic E-state index is 12.8. The first-order chi connectivity index (χ1) is 10.8. The lowest BCUT2D eigenvalue weighted by Gasteiger charge is -2.28. The molecule has 0 aromatic carbocycles. The maximum absolute atomic E-state index is 12.8. The highest BCUT2D eigenvalue weighted by molar-refractivity contribution is 5.81. The molecule has 4 rings (SSSR count). The molecule has 2 aliphatic rings. The molecule has 2 saturated heterocycles. The third-order valence-corrected chi connectivity index (χ3v) is 4.86. The van der Waals surface area contributed by atoms with Gasteiger partial charge < -0.3 is 9.64 Å². The van der Waals surface area contributed by atoms with E-state index in [9.17, 15) is 4.79 Å². The Bertz CT molecular complexity index is 675. The van der Waals surface area contributed by atoms with E-state index in [-0.39, 0.29) is 18.1 Å². The van der Waals surface area contributed by atoms with E-state index < -0.39 is 0 Å². The zero-order chi connectivity index (χ0) is 14.9. The molecule has 5 nitrogen and oxygen atoms in total. The number of hydrogen-bond acceptors (Lipinski definition) is 3. The van der Waals surface area contributed by atoms with Crippen molar-refractivity contribution in [1.29, 1.82) is 0 Å². The lowest BCUT2D eigenvalue weighted by Crippen LogP contribution is -2.43. The number of likely N-dealkylation sites (tertiary alicyclic amines) is 1. The van der Waals surface area contributed by atoms with Crippen LogP contribution in [0, 0.1) is 0 Å². The summed E-state index contributed by atoms with van der Waals surface area (Å²) in [6.45, 7) is 1.71. The van der Waals surface area contributed by atoms with Crippen LogP contribution in [-0.2, 0) is 16.0 Å². The smallest absolute Gasteiger partial charge is 0.227 e. The van der Waals surface area contributed by atoms with Gasteiger partial charge in [-0.1, -0.05) is 6.07 Å². The predicted molar refractivity (Wildman–Crippen MR) is 82.6 cm³/mol. The second-order valence-electron chi connectivity index (χ2n) is 6.23. The predicted octanol–water partition coefficient (Wildman–Crippen LogP) is 2.05. The van der Waals surface area contributed by atoms with Crippen LogP contribution in [0.5, 0.6) is 0 Å². The Morgan fingerprint density at radius 3 is 3.14 bits per heavy atom. The summed E-state index contributed by atoms with van der Waals surface area (Å²) in [6, 6.07) is 6.21. The van der Waals surface area contributed by atoms with Crippen molar-refractivity contribution in [3.63, 3.8) is 0 Å². The average molecular weight is 299 g/mol. The third kappa shape index (κ3) is 2.39. The Hall–Kier alpha value is -1.88. The van der Waals surface area contributed by atoms with Crippen LogP contribution in [0.4, 0.5) is 0 Å². The molecule has 2 atom stereocenters. The van der Waals surface area contributed by atoms with Gasteiger partial charge in [0.05, 0.1) is 30.3 Å². The van der Waals surface area contributed by atoms with Crippen molar-refractivity contribution >= 4 is 11.4 Å². The standard InChI is InChI=1S/C17H21N3O2/c21-17(11-13-12-18-20-9-2-1-5-14(13)20)19-8-3-6-15(19)16-7-4-10-22-16/h1-2,5,9,12,15-16H,3-4,6-8,10-11H2. The van der Waals surface area contributed by atoms with Gasteiger partial charge in [0.15, 0.2) is 0 Å². The third-order valence-electron chi connectivity index (χ3n) is 4.86. The van der Waals surface area contributed by atoms with Crippen LogP contribution in [0.1, 0.15) is 31.2 Å². The molecule has 2 aliphatic heterocycles. The van der Waals surface area contributed by atoms with Gasteiger partial charge in [0.25, 0.3) is 0 Å². The zero-order valence-corrected chi connectivity index (χ0v) is 12.6. The normalized spacial score (nSPS) is 25.2. The molecule has 0 N–H and O–H groups in total. The first kappa shape index (κ1) is 13.8. The number of pyridine rings is 1. The van der Waals surface area contributed by atoms with Crippen LogP contribution in [-0.4, -0.2) is 45.7 Å². The lowest BCUT2D eigenvalue weighted by molar-refractivity contribution is -0.133. The summed E-state index contributed by atoms with van der Waals surface area (Å²) in [5.41, 5.74) is 2.02. The van der Waals surface area contributed by atoms with E-state index in [1.807, 2.05) is 40.0 Å². The fraction of sp³-hybridized carbons (Fsp3) is 0.529. The first-order valence-electron chi connectivity index (χ1n) is 8.15. The zero-order valence-electron chi connectivity index (χ0n) is 12.6. The monoisotopic (exact) mass is 299 g/mol. The van der Waals surface area contributed by atoms with E-state index in [0.717, 1.165) is 49.9 Å². The molecule has 4 heterocycles. The van der Waals surface area contributed by atoms with Crippen LogP contribution in [0.2, 0.25) is 0 Å². The summed E-state index contributed by atoms with van der Waals surface area (Å²) < 4.78 is 7.64. The van der Waals surface area contributed by atoms with Crippen molar-refractivity contribution in [2.45, 2.75) is 44.2 Å². The molecule has 2 aromatic rings. The van der Waals surface area contributed by atoms with E-state index in [1.165, 1.54) is 0 Å². The SMILES string of the molecule is O=C(Cc1cnn2ccccc12)N1CCCC1C1CCCO1. The molecular weight excluding hydrogens is 278 g/mol. The van der Waals surface area contributed by atoms with Crippen molar-refractivity contribution in [3.8, 4) is 0 Å². The quantitative estimate of drug-likeness (QED) is 0.871. The van der Waals surface area contributed by atoms with E-state index in [2.05, 4.69) is 5.10 Å². The molecule has 2 aromatic heterocycles. The van der Waals surface area contributed by atoms with Gasteiger partial charge in [-0.3, -0.25) is 4.79 Å². The lowest BCUT2D eigenvalue weighted by atomic mass is 10.0. The first-order valence-corrected chi connectivity index (χ1v) is 8.15. The maximum Gasteiger partial charge on any atom is 0.227 e. The van der Waals surface area contributed by atoms with E-state index in [0.29, 0.717) is 6.42 Å². The Kier molecular flexibility index (Phi) is 3.58. The molecule has 116 valence electrons. The van der Waals surface area contributed by atoms with Crippen LogP contribution in [0.15, 0.2) is 30.6 Å². The molecule has 2 unspecified atom stereocenters. The van der Waals surface area contributed by atoms with E-state index in [1.54, 1.807) is 0 Å². The Morgan fingerprint density at radius 1 is 1.32 bits per heavy atom. The van der Waals surface area contributed by atoms with Crippen molar-refractivity contribution in [2.24, 2.45) is 0 Å². The molecule has 0 bridgehead atoms. The molecule has 0 radical (unpaired) electrons. The average Bonchev–Trinajstić information content (AvgIpc) is 3.27. The highest BCUT2D eigenvalue weighted by Gasteiger charge is 2.36. The summed E-state index contributed by atoms with van der Waals surface area (Å²) >= 11 is 0. The minimum absolute atomic E-state index is 0.205. The van der Waals surface area contributed by atoms with E-state index in [4.69, 9.17) is 4.74 Å². The molecule has 22 heavy (non-hydrogen) atoms. The molecule has 5 heteroatoms. The van der Waals surface area contributed by atoms with Crippen LogP contribution >= 0.6 is 0 Å². The number of nitrogens with zero attached hydrogens (tertiary/aromatic N) is 3. The molecule has 0 saturated carbocycles. The summed E-state index contributed by atoms with van der Waals surface area (Å²) in [5.74, 6) is 0.205. The van der Waals surface area contributed by atoms with Crippen molar-refractivity contribution < 1.29 is 9.53 Å². The van der Waals surface area contributed by atoms with Gasteiger partial charge in [0, 0.05) is 24.9 Å². The molecule has 0 spiro atoms. The largest absolute Gasteiger partial charge is 0.376 e. The van der Waals surface area contributed by atoms with Gasteiger partial charge in [-0.25, -0.2) is 4.52 Å². The highest BCUT2D eigenvalue weighted by atomic mass is 16.5. The number of carbonyl (C=O) groups excluding carboxylic acids is 1. The Balaban J connectivity index is 1.51. The summed E-state index contributed by atoms with van der Waals surface area (Å²) in [6.07, 6.45) is 8.77. The molecular formula is C17H21N3O2. The van der Waals surface area contributed by atoms with Crippen LogP contribution in [0.3, 0.4) is 0 Å². The topological polar surface area (TPSA) is 46.8 Å². The van der Waals surface area contributed by atoms with Crippen molar-refractivity contribution in [3.05, 3.63) is 36.2 Å². The fourth-order valence-corrected chi connectivity index (χ4v) is 3.78. The van der Waals surface area contributed by atoms with E-state index >= 15 is 0 Å². The molecule has 2 fully saturated rings. The van der Waals surface area contributed by atoms with Gasteiger partial charge in [0.2, 0.25) is 5.91 Å². The van der Waals surface area contributed by atoms with Crippen LogP contribution in [0.25, 0.3) is 5.52 Å². The summed E-state index contributed by atoms with van der Waals surface area (Å²) in [7, 11) is 0. The number of hydrogen-bond donors (Lipinski definition) is 0. The number of aromatic nitrogens is 2. The number of carbonyl (C=O) groups is 1. The summed E-state index contributed by atoms with van der Waals surface area (Å²) in [4.78, 5) is 14.8. The second-order valence-corrected chi connectivity index (χ2v) is 6.23. The number of amides is 1. The van der Waals surface area contributed by atoms with Gasteiger partial charge >= 0.3 is 0 Å². The Morgan fingerprint density at radius 2 is 2.27 bits per heavy atom. The van der Waals surface area contributed by atoms with Crippen LogP contribution < -0.4 is 0 Å². The molecule has 1 amide bonds. The molecule has 0 aliphatic carbocycles. The van der Waals surface area contributed by atoms with Gasteiger partial charge in [0.1, 0.15) is 0 Å². The second kappa shape index (κ2) is 5.72. The fourth-order valence-electron chi connectivity index (χ4n) is 3.78. The van der Waals surface area contributed by atoms with Gasteiger partial charge in [-0.2, -0.15) is 5.10 Å². The summed E-state index contributed by atoms with van der Waals surface area (Å²) in [5, 5.41) is 4.32. The van der Waals surface area contributed by atoms with Gasteiger partial charge in [-0.05, 0) is 37.8 Å². The highest BCUT2D eigenvalue weighted by Crippen LogP contribution is 2.28. The number of ether oxygens (including phenoxy) is 1.